The topological polar surface area (TPSA) is 55.1 Å². The zero-order valence-corrected chi connectivity index (χ0v) is 10.1. The Morgan fingerprint density at radius 3 is 2.83 bits per heavy atom. The molecular formula is C14H14N2O2. The standard InChI is InChI=1S/C14H14N2O2/c1-9-2-3-11(14(17)18)8-13(9)16-7-6-12(15-16)10-4-5-10/h2-3,6-8,10H,4-5H2,1H3,(H,17,18). The van der Waals surface area contributed by atoms with E-state index in [4.69, 9.17) is 5.11 Å². The van der Waals surface area contributed by atoms with Crippen LogP contribution < -0.4 is 0 Å². The number of aryl methyl sites for hydroxylation is 1. The van der Waals surface area contributed by atoms with Crippen LogP contribution in [0.4, 0.5) is 0 Å². The van der Waals surface area contributed by atoms with E-state index in [0.29, 0.717) is 11.5 Å². The van der Waals surface area contributed by atoms with E-state index in [1.807, 2.05) is 25.3 Å². The molecule has 1 heterocycles. The highest BCUT2D eigenvalue weighted by Gasteiger charge is 2.26. The van der Waals surface area contributed by atoms with Crippen LogP contribution >= 0.6 is 0 Å². The molecule has 0 bridgehead atoms. The largest absolute Gasteiger partial charge is 0.478 e. The highest BCUT2D eigenvalue weighted by molar-refractivity contribution is 5.88. The van der Waals surface area contributed by atoms with Crippen LogP contribution in [0.2, 0.25) is 0 Å². The van der Waals surface area contributed by atoms with Gasteiger partial charge < -0.3 is 5.11 Å². The van der Waals surface area contributed by atoms with Gasteiger partial charge in [-0.05, 0) is 43.5 Å². The molecule has 0 unspecified atom stereocenters. The second-order valence-corrected chi connectivity index (χ2v) is 4.77. The van der Waals surface area contributed by atoms with E-state index in [1.54, 1.807) is 16.8 Å². The van der Waals surface area contributed by atoms with Gasteiger partial charge >= 0.3 is 5.97 Å². The molecule has 4 nitrogen and oxygen atoms in total. The van der Waals surface area contributed by atoms with Crippen LogP contribution in [0.5, 0.6) is 0 Å². The van der Waals surface area contributed by atoms with Crippen molar-refractivity contribution in [3.05, 3.63) is 47.3 Å². The molecule has 0 saturated heterocycles. The summed E-state index contributed by atoms with van der Waals surface area (Å²) in [4.78, 5) is 11.0. The van der Waals surface area contributed by atoms with E-state index >= 15 is 0 Å². The summed E-state index contributed by atoms with van der Waals surface area (Å²) in [7, 11) is 0. The Morgan fingerprint density at radius 1 is 1.39 bits per heavy atom. The van der Waals surface area contributed by atoms with Crippen molar-refractivity contribution in [2.24, 2.45) is 0 Å². The Hall–Kier alpha value is -2.10. The third-order valence-corrected chi connectivity index (χ3v) is 3.31. The van der Waals surface area contributed by atoms with Crippen molar-refractivity contribution in [3.8, 4) is 5.69 Å². The molecule has 4 heteroatoms. The minimum absolute atomic E-state index is 0.291. The predicted molar refractivity (Wildman–Crippen MR) is 67.2 cm³/mol. The molecule has 1 aromatic heterocycles. The molecule has 0 spiro atoms. The van der Waals surface area contributed by atoms with E-state index in [1.165, 1.54) is 12.8 Å². The Morgan fingerprint density at radius 2 is 2.17 bits per heavy atom. The highest BCUT2D eigenvalue weighted by Crippen LogP contribution is 2.39. The third kappa shape index (κ3) is 1.90. The number of aromatic nitrogens is 2. The maximum absolute atomic E-state index is 11.0. The van der Waals surface area contributed by atoms with Crippen LogP contribution in [-0.4, -0.2) is 20.9 Å². The van der Waals surface area contributed by atoms with Crippen molar-refractivity contribution in [2.45, 2.75) is 25.7 Å². The van der Waals surface area contributed by atoms with Crippen molar-refractivity contribution in [1.29, 1.82) is 0 Å². The molecule has 2 aromatic rings. The monoisotopic (exact) mass is 242 g/mol. The van der Waals surface area contributed by atoms with E-state index in [0.717, 1.165) is 16.9 Å². The lowest BCUT2D eigenvalue weighted by atomic mass is 10.1. The molecule has 1 aliphatic rings. The van der Waals surface area contributed by atoms with Gasteiger partial charge in [-0.1, -0.05) is 6.07 Å². The number of hydrogen-bond donors (Lipinski definition) is 1. The number of carboxylic acid groups (broad SMARTS) is 1. The predicted octanol–water partition coefficient (Wildman–Crippen LogP) is 2.76. The molecule has 1 N–H and O–H groups in total. The van der Waals surface area contributed by atoms with E-state index < -0.39 is 5.97 Å². The zero-order valence-electron chi connectivity index (χ0n) is 10.1. The molecule has 0 radical (unpaired) electrons. The number of hydrogen-bond acceptors (Lipinski definition) is 2. The smallest absolute Gasteiger partial charge is 0.335 e. The van der Waals surface area contributed by atoms with Crippen molar-refractivity contribution >= 4 is 5.97 Å². The van der Waals surface area contributed by atoms with Gasteiger partial charge in [0.25, 0.3) is 0 Å². The summed E-state index contributed by atoms with van der Waals surface area (Å²) < 4.78 is 1.77. The van der Waals surface area contributed by atoms with Crippen LogP contribution in [0.15, 0.2) is 30.5 Å². The van der Waals surface area contributed by atoms with Crippen LogP contribution in [0.1, 0.15) is 40.4 Å². The van der Waals surface area contributed by atoms with Crippen molar-refractivity contribution in [2.75, 3.05) is 0 Å². The van der Waals surface area contributed by atoms with Gasteiger partial charge in [-0.25, -0.2) is 9.48 Å². The fraction of sp³-hybridized carbons (Fsp3) is 0.286. The minimum Gasteiger partial charge on any atom is -0.478 e. The van der Waals surface area contributed by atoms with Crippen LogP contribution in [0, 0.1) is 6.92 Å². The summed E-state index contributed by atoms with van der Waals surface area (Å²) in [5, 5.41) is 13.5. The fourth-order valence-corrected chi connectivity index (χ4v) is 2.06. The number of aromatic carboxylic acids is 1. The Kier molecular flexibility index (Phi) is 2.44. The Balaban J connectivity index is 2.03. The van der Waals surface area contributed by atoms with Gasteiger partial charge in [0.15, 0.2) is 0 Å². The number of carbonyl (C=O) groups is 1. The summed E-state index contributed by atoms with van der Waals surface area (Å²) in [6.07, 6.45) is 4.33. The number of benzene rings is 1. The fourth-order valence-electron chi connectivity index (χ4n) is 2.06. The van der Waals surface area contributed by atoms with Gasteiger partial charge in [0.1, 0.15) is 0 Å². The first kappa shape index (κ1) is 11.0. The van der Waals surface area contributed by atoms with Crippen molar-refractivity contribution in [3.63, 3.8) is 0 Å². The highest BCUT2D eigenvalue weighted by atomic mass is 16.4. The van der Waals surface area contributed by atoms with Gasteiger partial charge in [-0.2, -0.15) is 5.10 Å². The second-order valence-electron chi connectivity index (χ2n) is 4.77. The van der Waals surface area contributed by atoms with Gasteiger partial charge in [0.2, 0.25) is 0 Å². The molecule has 1 fully saturated rings. The van der Waals surface area contributed by atoms with Crippen molar-refractivity contribution < 1.29 is 9.90 Å². The normalized spacial score (nSPS) is 14.7. The Labute approximate surface area is 105 Å². The molecule has 92 valence electrons. The first-order valence-corrected chi connectivity index (χ1v) is 6.05. The van der Waals surface area contributed by atoms with Gasteiger partial charge in [0.05, 0.1) is 16.9 Å². The molecular weight excluding hydrogens is 228 g/mol. The lowest BCUT2D eigenvalue weighted by Crippen LogP contribution is -2.03. The van der Waals surface area contributed by atoms with Crippen LogP contribution in [-0.2, 0) is 0 Å². The summed E-state index contributed by atoms with van der Waals surface area (Å²) in [6, 6.07) is 7.12. The molecule has 1 aromatic carbocycles. The Bertz CT molecular complexity index is 612. The number of rotatable bonds is 3. The lowest BCUT2D eigenvalue weighted by Gasteiger charge is -2.07. The summed E-state index contributed by atoms with van der Waals surface area (Å²) in [5.41, 5.74) is 3.25. The van der Waals surface area contributed by atoms with Crippen LogP contribution in [0.3, 0.4) is 0 Å². The number of nitrogens with zero attached hydrogens (tertiary/aromatic N) is 2. The van der Waals surface area contributed by atoms with Gasteiger partial charge in [-0.3, -0.25) is 0 Å². The second kappa shape index (κ2) is 3.98. The minimum atomic E-state index is -0.911. The van der Waals surface area contributed by atoms with E-state index in [-0.39, 0.29) is 0 Å². The summed E-state index contributed by atoms with van der Waals surface area (Å²) in [5.74, 6) is -0.306. The summed E-state index contributed by atoms with van der Waals surface area (Å²) >= 11 is 0. The third-order valence-electron chi connectivity index (χ3n) is 3.31. The molecule has 3 rings (SSSR count). The first-order chi connectivity index (χ1) is 8.65. The molecule has 1 aliphatic carbocycles. The van der Waals surface area contributed by atoms with Gasteiger partial charge in [0, 0.05) is 12.1 Å². The lowest BCUT2D eigenvalue weighted by molar-refractivity contribution is 0.0697. The average molecular weight is 242 g/mol. The molecule has 1 saturated carbocycles. The van der Waals surface area contributed by atoms with E-state index in [9.17, 15) is 4.79 Å². The molecule has 0 atom stereocenters. The molecule has 0 amide bonds. The SMILES string of the molecule is Cc1ccc(C(=O)O)cc1-n1ccc(C2CC2)n1. The number of carboxylic acids is 1. The maximum Gasteiger partial charge on any atom is 0.335 e. The van der Waals surface area contributed by atoms with E-state index in [2.05, 4.69) is 5.10 Å². The van der Waals surface area contributed by atoms with Gasteiger partial charge in [-0.15, -0.1) is 0 Å². The first-order valence-electron chi connectivity index (χ1n) is 6.05. The average Bonchev–Trinajstić information content (AvgIpc) is 3.08. The maximum atomic E-state index is 11.0. The molecule has 0 aliphatic heterocycles. The van der Waals surface area contributed by atoms with Crippen molar-refractivity contribution in [1.82, 2.24) is 9.78 Å². The molecule has 18 heavy (non-hydrogen) atoms. The summed E-state index contributed by atoms with van der Waals surface area (Å²) in [6.45, 7) is 1.96. The zero-order chi connectivity index (χ0) is 12.7. The van der Waals surface area contributed by atoms with Crippen LogP contribution in [0.25, 0.3) is 5.69 Å². The quantitative estimate of drug-likeness (QED) is 0.900.